The first-order valence-corrected chi connectivity index (χ1v) is 11.9. The molecular weight excluding hydrogens is 503 g/mol. The Morgan fingerprint density at radius 1 is 1.05 bits per heavy atom. The highest BCUT2D eigenvalue weighted by Crippen LogP contribution is 2.41. The number of nitrogens with zero attached hydrogens (tertiary/aromatic N) is 1. The Bertz CT molecular complexity index is 1440. The Labute approximate surface area is 226 Å². The van der Waals surface area contributed by atoms with Crippen LogP contribution in [0.2, 0.25) is 0 Å². The highest BCUT2D eigenvalue weighted by molar-refractivity contribution is 6.13. The third-order valence-corrected chi connectivity index (χ3v) is 5.36. The van der Waals surface area contributed by atoms with E-state index < -0.39 is 29.4 Å². The minimum absolute atomic E-state index is 0.0551. The highest BCUT2D eigenvalue weighted by atomic mass is 19.1. The normalized spacial score (nSPS) is 10.7. The van der Waals surface area contributed by atoms with Crippen molar-refractivity contribution in [2.45, 2.75) is 39.9 Å². The molecule has 9 nitrogen and oxygen atoms in total. The summed E-state index contributed by atoms with van der Waals surface area (Å²) in [5.74, 6) is -1.87. The van der Waals surface area contributed by atoms with E-state index in [2.05, 4.69) is 16.7 Å². The molecule has 3 rings (SSSR count). The van der Waals surface area contributed by atoms with Crippen LogP contribution in [0.4, 0.5) is 9.18 Å². The number of halogens is 1. The van der Waals surface area contributed by atoms with E-state index in [-0.39, 0.29) is 40.4 Å². The lowest BCUT2D eigenvalue weighted by atomic mass is 9.89. The fraction of sp³-hybridized carbons (Fsp3) is 0.241. The van der Waals surface area contributed by atoms with E-state index in [0.29, 0.717) is 5.56 Å². The van der Waals surface area contributed by atoms with Crippen LogP contribution in [-0.4, -0.2) is 30.7 Å². The summed E-state index contributed by atoms with van der Waals surface area (Å²) in [6, 6.07) is 16.5. The molecule has 202 valence electrons. The van der Waals surface area contributed by atoms with Gasteiger partial charge in [0, 0.05) is 11.1 Å². The van der Waals surface area contributed by atoms with Gasteiger partial charge in [-0.15, -0.1) is 0 Å². The molecule has 10 heteroatoms. The molecule has 3 N–H and O–H groups in total. The van der Waals surface area contributed by atoms with Crippen LogP contribution >= 0.6 is 0 Å². The zero-order chi connectivity index (χ0) is 28.7. The van der Waals surface area contributed by atoms with Crippen LogP contribution in [0.1, 0.15) is 47.8 Å². The van der Waals surface area contributed by atoms with Gasteiger partial charge in [-0.2, -0.15) is 5.26 Å². The standard InChI is InChI=1S/C29H29FN4O5/c1-17-13-23(38-16-18-9-7-6-8-10-18)25(26(35)33-27(32)34-28(36)39-29(2,3)4)24(21(17)15-31)20-14-19(30)11-12-22(20)37-5/h6-14H,16H2,1-5H3,(H3,32,33,34,35,36). The number of alkyl carbamates (subject to hydrolysis) is 1. The van der Waals surface area contributed by atoms with E-state index in [4.69, 9.17) is 19.6 Å². The molecule has 0 aliphatic carbocycles. The van der Waals surface area contributed by atoms with Gasteiger partial charge >= 0.3 is 6.09 Å². The smallest absolute Gasteiger partial charge is 0.414 e. The topological polar surface area (TPSA) is 134 Å². The van der Waals surface area contributed by atoms with Crippen LogP contribution in [0.3, 0.4) is 0 Å². The molecule has 0 saturated carbocycles. The number of nitriles is 1. The minimum Gasteiger partial charge on any atom is -0.496 e. The van der Waals surface area contributed by atoms with Gasteiger partial charge in [-0.3, -0.25) is 20.8 Å². The maximum atomic E-state index is 14.4. The second kappa shape index (κ2) is 12.1. The van der Waals surface area contributed by atoms with Gasteiger partial charge in [0.1, 0.15) is 35.6 Å². The maximum absolute atomic E-state index is 14.4. The van der Waals surface area contributed by atoms with E-state index in [9.17, 15) is 19.2 Å². The number of nitrogens with one attached hydrogen (secondary N) is 3. The molecule has 0 aromatic heterocycles. The summed E-state index contributed by atoms with van der Waals surface area (Å²) in [5, 5.41) is 22.6. The number of methoxy groups -OCH3 is 1. The molecule has 0 spiro atoms. The fourth-order valence-electron chi connectivity index (χ4n) is 3.76. The molecular formula is C29H29FN4O5. The van der Waals surface area contributed by atoms with Crippen LogP contribution in [0, 0.1) is 29.5 Å². The lowest BCUT2D eigenvalue weighted by Gasteiger charge is -2.21. The third-order valence-electron chi connectivity index (χ3n) is 5.36. The number of ether oxygens (including phenoxy) is 3. The van der Waals surface area contributed by atoms with Crippen LogP contribution in [-0.2, 0) is 11.3 Å². The molecule has 39 heavy (non-hydrogen) atoms. The highest BCUT2D eigenvalue weighted by Gasteiger charge is 2.28. The first-order chi connectivity index (χ1) is 18.4. The summed E-state index contributed by atoms with van der Waals surface area (Å²) in [7, 11) is 1.38. The second-order valence-electron chi connectivity index (χ2n) is 9.50. The van der Waals surface area contributed by atoms with Gasteiger partial charge in [0.25, 0.3) is 5.91 Å². The second-order valence-corrected chi connectivity index (χ2v) is 9.50. The summed E-state index contributed by atoms with van der Waals surface area (Å²) in [5.41, 5.74) is 0.594. The Hall–Kier alpha value is -4.91. The van der Waals surface area contributed by atoms with Crippen LogP contribution < -0.4 is 20.1 Å². The Morgan fingerprint density at radius 2 is 1.74 bits per heavy atom. The maximum Gasteiger partial charge on any atom is 0.414 e. The molecule has 0 bridgehead atoms. The van der Waals surface area contributed by atoms with E-state index in [1.807, 2.05) is 30.3 Å². The number of benzene rings is 3. The van der Waals surface area contributed by atoms with E-state index >= 15 is 0 Å². The largest absolute Gasteiger partial charge is 0.496 e. The number of amides is 2. The van der Waals surface area contributed by atoms with E-state index in [0.717, 1.165) is 11.6 Å². The summed E-state index contributed by atoms with van der Waals surface area (Å²) < 4.78 is 31.0. The van der Waals surface area contributed by atoms with Crippen LogP contribution in [0.25, 0.3) is 11.1 Å². The van der Waals surface area contributed by atoms with Gasteiger partial charge in [-0.1, -0.05) is 30.3 Å². The van der Waals surface area contributed by atoms with Gasteiger partial charge in [0.15, 0.2) is 0 Å². The average Bonchev–Trinajstić information content (AvgIpc) is 2.86. The van der Waals surface area contributed by atoms with Crippen molar-refractivity contribution in [3.63, 3.8) is 0 Å². The van der Waals surface area contributed by atoms with Crippen molar-refractivity contribution in [2.24, 2.45) is 0 Å². The molecule has 3 aromatic carbocycles. The molecule has 0 fully saturated rings. The lowest BCUT2D eigenvalue weighted by molar-refractivity contribution is 0.0561. The fourth-order valence-corrected chi connectivity index (χ4v) is 3.76. The number of carbonyl (C=O) groups excluding carboxylic acids is 2. The third kappa shape index (κ3) is 7.32. The summed E-state index contributed by atoms with van der Waals surface area (Å²) >= 11 is 0. The molecule has 3 aromatic rings. The predicted molar refractivity (Wildman–Crippen MR) is 143 cm³/mol. The summed E-state index contributed by atoms with van der Waals surface area (Å²) in [6.45, 7) is 6.70. The van der Waals surface area contributed by atoms with Crippen molar-refractivity contribution in [1.29, 1.82) is 10.7 Å². The quantitative estimate of drug-likeness (QED) is 0.286. The van der Waals surface area contributed by atoms with Crippen molar-refractivity contribution in [3.8, 4) is 28.7 Å². The monoisotopic (exact) mass is 532 g/mol. The Morgan fingerprint density at radius 3 is 2.36 bits per heavy atom. The van der Waals surface area contributed by atoms with E-state index in [1.54, 1.807) is 27.7 Å². The zero-order valence-corrected chi connectivity index (χ0v) is 22.3. The Kier molecular flexibility index (Phi) is 8.88. The van der Waals surface area contributed by atoms with Gasteiger partial charge in [0.05, 0.1) is 18.2 Å². The zero-order valence-electron chi connectivity index (χ0n) is 22.3. The average molecular weight is 533 g/mol. The number of guanidine groups is 1. The number of hydrogen-bond donors (Lipinski definition) is 3. The molecule has 0 atom stereocenters. The van der Waals surface area contributed by atoms with Crippen molar-refractivity contribution in [2.75, 3.05) is 7.11 Å². The van der Waals surface area contributed by atoms with Gasteiger partial charge in [-0.25, -0.2) is 9.18 Å². The molecule has 0 heterocycles. The Balaban J connectivity index is 2.14. The summed E-state index contributed by atoms with van der Waals surface area (Å²) in [4.78, 5) is 25.8. The van der Waals surface area contributed by atoms with Crippen LogP contribution in [0.15, 0.2) is 54.6 Å². The van der Waals surface area contributed by atoms with Crippen molar-refractivity contribution in [3.05, 3.63) is 82.7 Å². The van der Waals surface area contributed by atoms with Crippen molar-refractivity contribution >= 4 is 18.0 Å². The SMILES string of the molecule is COc1ccc(F)cc1-c1c(C#N)c(C)cc(OCc2ccccc2)c1C(=O)NC(=N)NC(=O)OC(C)(C)C. The molecule has 0 radical (unpaired) electrons. The number of aryl methyl sites for hydroxylation is 1. The van der Waals surface area contributed by atoms with E-state index in [1.165, 1.54) is 25.3 Å². The summed E-state index contributed by atoms with van der Waals surface area (Å²) in [6.07, 6.45) is -0.943. The number of carbonyl (C=O) groups is 2. The van der Waals surface area contributed by atoms with Crippen molar-refractivity contribution in [1.82, 2.24) is 10.6 Å². The first-order valence-electron chi connectivity index (χ1n) is 11.9. The van der Waals surface area contributed by atoms with Crippen molar-refractivity contribution < 1.29 is 28.2 Å². The first kappa shape index (κ1) is 28.7. The molecule has 0 aliphatic heterocycles. The molecule has 0 aliphatic rings. The lowest BCUT2D eigenvalue weighted by Crippen LogP contribution is -2.45. The molecule has 0 saturated heterocycles. The minimum atomic E-state index is -0.943. The predicted octanol–water partition coefficient (Wildman–Crippen LogP) is 5.45. The van der Waals surface area contributed by atoms with Gasteiger partial charge in [-0.05, 0) is 63.1 Å². The van der Waals surface area contributed by atoms with Gasteiger partial charge in [0.2, 0.25) is 5.96 Å². The number of hydrogen-bond acceptors (Lipinski definition) is 7. The molecule has 2 amide bonds. The van der Waals surface area contributed by atoms with Crippen LogP contribution in [0.5, 0.6) is 11.5 Å². The molecule has 0 unspecified atom stereocenters. The van der Waals surface area contributed by atoms with Gasteiger partial charge < -0.3 is 14.2 Å². The number of rotatable bonds is 6.